The summed E-state index contributed by atoms with van der Waals surface area (Å²) < 4.78 is 1.75. The van der Waals surface area contributed by atoms with E-state index in [0.717, 1.165) is 17.2 Å². The molecular weight excluding hydrogens is 236 g/mol. The van der Waals surface area contributed by atoms with Gasteiger partial charge in [-0.3, -0.25) is 4.68 Å². The third-order valence-electron chi connectivity index (χ3n) is 3.38. The first kappa shape index (κ1) is 13.7. The van der Waals surface area contributed by atoms with Crippen molar-refractivity contribution in [2.75, 3.05) is 0 Å². The van der Waals surface area contributed by atoms with E-state index in [1.54, 1.807) is 4.68 Å². The van der Waals surface area contributed by atoms with E-state index in [-0.39, 0.29) is 5.41 Å². The number of nitrogens with zero attached hydrogens (tertiary/aromatic N) is 3. The van der Waals surface area contributed by atoms with Gasteiger partial charge in [0.2, 0.25) is 0 Å². The molecule has 4 heteroatoms. The summed E-state index contributed by atoms with van der Waals surface area (Å²) in [5, 5.41) is 4.46. The summed E-state index contributed by atoms with van der Waals surface area (Å²) in [7, 11) is 1.88. The summed E-state index contributed by atoms with van der Waals surface area (Å²) in [4.78, 5) is 4.51. The van der Waals surface area contributed by atoms with Crippen LogP contribution in [-0.2, 0) is 19.0 Å². The Hall–Kier alpha value is -1.68. The van der Waals surface area contributed by atoms with Crippen LogP contribution in [0, 0.1) is 6.92 Å². The maximum atomic E-state index is 5.66. The summed E-state index contributed by atoms with van der Waals surface area (Å²) in [6.07, 6.45) is 0. The molecule has 2 aromatic rings. The van der Waals surface area contributed by atoms with Crippen LogP contribution in [0.25, 0.3) is 11.4 Å². The summed E-state index contributed by atoms with van der Waals surface area (Å²) in [5.41, 5.74) is 9.33. The highest BCUT2D eigenvalue weighted by Gasteiger charge is 2.17. The van der Waals surface area contributed by atoms with Crippen molar-refractivity contribution in [1.29, 1.82) is 0 Å². The molecule has 0 atom stereocenters. The Morgan fingerprint density at radius 1 is 1.26 bits per heavy atom. The first-order chi connectivity index (χ1) is 8.82. The highest BCUT2D eigenvalue weighted by molar-refractivity contribution is 5.61. The third-order valence-corrected chi connectivity index (χ3v) is 3.38. The molecule has 0 aliphatic rings. The average molecular weight is 258 g/mol. The van der Waals surface area contributed by atoms with Gasteiger partial charge in [-0.05, 0) is 29.5 Å². The smallest absolute Gasteiger partial charge is 0.181 e. The molecule has 2 rings (SSSR count). The molecule has 4 nitrogen and oxygen atoms in total. The number of benzene rings is 1. The lowest BCUT2D eigenvalue weighted by atomic mass is 9.85. The van der Waals surface area contributed by atoms with E-state index >= 15 is 0 Å². The SMILES string of the molecule is Cc1ccc(C(C)(C)C)cc1-c1nc(CN)n(C)n1. The fourth-order valence-corrected chi connectivity index (χ4v) is 2.04. The summed E-state index contributed by atoms with van der Waals surface area (Å²) in [6.45, 7) is 9.11. The lowest BCUT2D eigenvalue weighted by molar-refractivity contribution is 0.590. The van der Waals surface area contributed by atoms with Crippen molar-refractivity contribution in [2.45, 2.75) is 39.7 Å². The Morgan fingerprint density at radius 2 is 1.95 bits per heavy atom. The van der Waals surface area contributed by atoms with E-state index in [9.17, 15) is 0 Å². The van der Waals surface area contributed by atoms with Gasteiger partial charge in [-0.25, -0.2) is 4.98 Å². The van der Waals surface area contributed by atoms with Gasteiger partial charge in [0.25, 0.3) is 0 Å². The van der Waals surface area contributed by atoms with Crippen molar-refractivity contribution in [2.24, 2.45) is 12.8 Å². The number of nitrogens with two attached hydrogens (primary N) is 1. The highest BCUT2D eigenvalue weighted by Crippen LogP contribution is 2.28. The average Bonchev–Trinajstić information content (AvgIpc) is 2.69. The molecule has 102 valence electrons. The second-order valence-corrected chi connectivity index (χ2v) is 5.96. The van der Waals surface area contributed by atoms with Gasteiger partial charge in [0.05, 0.1) is 6.54 Å². The van der Waals surface area contributed by atoms with Crippen LogP contribution in [-0.4, -0.2) is 14.8 Å². The van der Waals surface area contributed by atoms with Crippen LogP contribution in [0.15, 0.2) is 18.2 Å². The van der Waals surface area contributed by atoms with Crippen LogP contribution in [0.2, 0.25) is 0 Å². The monoisotopic (exact) mass is 258 g/mol. The Bertz CT molecular complexity index is 591. The topological polar surface area (TPSA) is 56.7 Å². The largest absolute Gasteiger partial charge is 0.324 e. The molecule has 19 heavy (non-hydrogen) atoms. The van der Waals surface area contributed by atoms with Crippen LogP contribution in [0.3, 0.4) is 0 Å². The molecule has 0 radical (unpaired) electrons. The number of rotatable bonds is 2. The summed E-state index contributed by atoms with van der Waals surface area (Å²) >= 11 is 0. The predicted molar refractivity (Wildman–Crippen MR) is 77.8 cm³/mol. The third kappa shape index (κ3) is 2.68. The molecule has 0 bridgehead atoms. The number of hydrogen-bond donors (Lipinski definition) is 1. The zero-order valence-electron chi connectivity index (χ0n) is 12.4. The molecule has 0 saturated carbocycles. The number of aromatic nitrogens is 3. The minimum absolute atomic E-state index is 0.119. The van der Waals surface area contributed by atoms with E-state index in [4.69, 9.17) is 5.73 Å². The second-order valence-electron chi connectivity index (χ2n) is 5.96. The molecule has 0 amide bonds. The zero-order valence-corrected chi connectivity index (χ0v) is 12.4. The predicted octanol–water partition coefficient (Wildman–Crippen LogP) is 2.55. The lowest BCUT2D eigenvalue weighted by Crippen LogP contribution is -2.11. The van der Waals surface area contributed by atoms with E-state index < -0.39 is 0 Å². The summed E-state index contributed by atoms with van der Waals surface area (Å²) in [5.74, 6) is 1.56. The van der Waals surface area contributed by atoms with Crippen molar-refractivity contribution in [3.63, 3.8) is 0 Å². The van der Waals surface area contributed by atoms with Crippen molar-refractivity contribution in [1.82, 2.24) is 14.8 Å². The van der Waals surface area contributed by atoms with Crippen molar-refractivity contribution in [3.8, 4) is 11.4 Å². The second kappa shape index (κ2) is 4.78. The first-order valence-corrected chi connectivity index (χ1v) is 6.54. The van der Waals surface area contributed by atoms with E-state index in [2.05, 4.69) is 56.0 Å². The normalized spacial score (nSPS) is 11.9. The quantitative estimate of drug-likeness (QED) is 0.900. The highest BCUT2D eigenvalue weighted by atomic mass is 15.3. The fraction of sp³-hybridized carbons (Fsp3) is 0.467. The molecule has 0 aliphatic heterocycles. The van der Waals surface area contributed by atoms with E-state index in [1.807, 2.05) is 7.05 Å². The molecule has 0 unspecified atom stereocenters. The molecule has 1 heterocycles. The fourth-order valence-electron chi connectivity index (χ4n) is 2.04. The Balaban J connectivity index is 2.54. The molecular formula is C15H22N4. The van der Waals surface area contributed by atoms with Crippen LogP contribution in [0.4, 0.5) is 0 Å². The molecule has 2 N–H and O–H groups in total. The van der Waals surface area contributed by atoms with Gasteiger partial charge >= 0.3 is 0 Å². The van der Waals surface area contributed by atoms with Crippen molar-refractivity contribution < 1.29 is 0 Å². The summed E-state index contributed by atoms with van der Waals surface area (Å²) in [6, 6.07) is 6.49. The van der Waals surface area contributed by atoms with Crippen LogP contribution >= 0.6 is 0 Å². The van der Waals surface area contributed by atoms with Crippen LogP contribution < -0.4 is 5.73 Å². The number of aryl methyl sites for hydroxylation is 2. The minimum Gasteiger partial charge on any atom is -0.324 e. The van der Waals surface area contributed by atoms with Gasteiger partial charge in [0, 0.05) is 12.6 Å². The molecule has 1 aromatic heterocycles. The molecule has 0 saturated heterocycles. The standard InChI is InChI=1S/C15H22N4/c1-10-6-7-11(15(2,3)4)8-12(10)14-17-13(9-16)19(5)18-14/h6-8H,9,16H2,1-5H3. The molecule has 0 spiro atoms. The lowest BCUT2D eigenvalue weighted by Gasteiger charge is -2.20. The molecule has 0 fully saturated rings. The Morgan fingerprint density at radius 3 is 2.47 bits per heavy atom. The minimum atomic E-state index is 0.119. The first-order valence-electron chi connectivity index (χ1n) is 6.54. The van der Waals surface area contributed by atoms with Gasteiger partial charge in [0.1, 0.15) is 5.82 Å². The van der Waals surface area contributed by atoms with Crippen molar-refractivity contribution >= 4 is 0 Å². The van der Waals surface area contributed by atoms with Crippen molar-refractivity contribution in [3.05, 3.63) is 35.2 Å². The van der Waals surface area contributed by atoms with Gasteiger partial charge in [-0.15, -0.1) is 0 Å². The number of hydrogen-bond acceptors (Lipinski definition) is 3. The van der Waals surface area contributed by atoms with E-state index in [0.29, 0.717) is 6.54 Å². The van der Waals surface area contributed by atoms with E-state index in [1.165, 1.54) is 11.1 Å². The van der Waals surface area contributed by atoms with Gasteiger partial charge in [0.15, 0.2) is 5.82 Å². The Kier molecular flexibility index (Phi) is 3.45. The maximum Gasteiger partial charge on any atom is 0.181 e. The van der Waals surface area contributed by atoms with Crippen LogP contribution in [0.1, 0.15) is 37.7 Å². The van der Waals surface area contributed by atoms with Gasteiger partial charge < -0.3 is 5.73 Å². The Labute approximate surface area is 114 Å². The molecule has 0 aliphatic carbocycles. The van der Waals surface area contributed by atoms with Gasteiger partial charge in [-0.2, -0.15) is 5.10 Å². The maximum absolute atomic E-state index is 5.66. The zero-order chi connectivity index (χ0) is 14.2. The van der Waals surface area contributed by atoms with Crippen LogP contribution in [0.5, 0.6) is 0 Å². The van der Waals surface area contributed by atoms with Gasteiger partial charge in [-0.1, -0.05) is 32.9 Å². The molecule has 1 aromatic carbocycles.